The average molecular weight is 333 g/mol. The Labute approximate surface area is 137 Å². The summed E-state index contributed by atoms with van der Waals surface area (Å²) in [5.74, 6) is 0. The molecule has 7 heteroatoms. The number of nitrogens with zero attached hydrogens (tertiary/aromatic N) is 4. The van der Waals surface area contributed by atoms with Gasteiger partial charge in [-0.1, -0.05) is 30.3 Å². The Morgan fingerprint density at radius 3 is 2.48 bits per heavy atom. The number of imidazole rings is 1. The molecule has 120 valence electrons. The maximum Gasteiger partial charge on any atom is 0.332 e. The second kappa shape index (κ2) is 6.04. The van der Waals surface area contributed by atoms with E-state index in [1.54, 1.807) is 4.57 Å². The van der Waals surface area contributed by atoms with Gasteiger partial charge in [-0.15, -0.1) is 0 Å². The molecule has 6 nitrogen and oxygen atoms in total. The van der Waals surface area contributed by atoms with E-state index in [0.717, 1.165) is 16.6 Å². The van der Waals surface area contributed by atoms with Crippen LogP contribution in [0.15, 0.2) is 39.9 Å². The fraction of sp³-hybridized carbons (Fsp3) is 0.312. The third-order valence-electron chi connectivity index (χ3n) is 3.97. The van der Waals surface area contributed by atoms with E-state index in [-0.39, 0.29) is 16.5 Å². The lowest BCUT2D eigenvalue weighted by Crippen LogP contribution is -2.38. The van der Waals surface area contributed by atoms with E-state index in [9.17, 15) is 9.59 Å². The zero-order valence-corrected chi connectivity index (χ0v) is 13.7. The predicted molar refractivity (Wildman–Crippen MR) is 90.1 cm³/mol. The SMILES string of the molecule is CCn1c(=O)n(C)c(=O)c2c1nc(Cl)n2CCc1ccccc1. The molecule has 0 unspecified atom stereocenters. The zero-order valence-electron chi connectivity index (χ0n) is 13.0. The summed E-state index contributed by atoms with van der Waals surface area (Å²) in [6, 6.07) is 9.94. The molecule has 0 amide bonds. The quantitative estimate of drug-likeness (QED) is 0.685. The average Bonchev–Trinajstić information content (AvgIpc) is 2.88. The van der Waals surface area contributed by atoms with E-state index in [2.05, 4.69) is 4.98 Å². The minimum absolute atomic E-state index is 0.223. The maximum atomic E-state index is 12.5. The van der Waals surface area contributed by atoms with E-state index in [1.165, 1.54) is 11.6 Å². The van der Waals surface area contributed by atoms with E-state index in [4.69, 9.17) is 11.6 Å². The van der Waals surface area contributed by atoms with Crippen LogP contribution in [0.3, 0.4) is 0 Å². The van der Waals surface area contributed by atoms with Gasteiger partial charge >= 0.3 is 5.69 Å². The second-order valence-corrected chi connectivity index (χ2v) is 5.67. The molecule has 0 radical (unpaired) electrons. The van der Waals surface area contributed by atoms with Gasteiger partial charge in [0.15, 0.2) is 11.2 Å². The van der Waals surface area contributed by atoms with Gasteiger partial charge in [0.05, 0.1) is 0 Å². The fourth-order valence-corrected chi connectivity index (χ4v) is 2.95. The number of aryl methyl sites for hydroxylation is 3. The van der Waals surface area contributed by atoms with Crippen LogP contribution in [0.5, 0.6) is 0 Å². The number of fused-ring (bicyclic) bond motifs is 1. The van der Waals surface area contributed by atoms with E-state index in [0.29, 0.717) is 24.3 Å². The van der Waals surface area contributed by atoms with Crippen LogP contribution in [-0.2, 0) is 26.6 Å². The summed E-state index contributed by atoms with van der Waals surface area (Å²) >= 11 is 6.23. The Balaban J connectivity index is 2.14. The topological polar surface area (TPSA) is 61.8 Å². The predicted octanol–water partition coefficient (Wildman–Crippen LogP) is 1.81. The molecule has 0 spiro atoms. The normalized spacial score (nSPS) is 11.3. The Kier molecular flexibility index (Phi) is 4.09. The Hall–Kier alpha value is -2.34. The van der Waals surface area contributed by atoms with E-state index in [1.807, 2.05) is 37.3 Å². The minimum atomic E-state index is -0.380. The summed E-state index contributed by atoms with van der Waals surface area (Å²) in [6.07, 6.45) is 0.723. The van der Waals surface area contributed by atoms with Gasteiger partial charge in [0.1, 0.15) is 0 Å². The lowest BCUT2D eigenvalue weighted by molar-refractivity contribution is 0.646. The van der Waals surface area contributed by atoms with Crippen LogP contribution < -0.4 is 11.2 Å². The highest BCUT2D eigenvalue weighted by Gasteiger charge is 2.18. The van der Waals surface area contributed by atoms with Crippen LogP contribution in [0.4, 0.5) is 0 Å². The van der Waals surface area contributed by atoms with Gasteiger partial charge in [0, 0.05) is 20.1 Å². The summed E-state index contributed by atoms with van der Waals surface area (Å²) in [4.78, 5) is 28.9. The van der Waals surface area contributed by atoms with Crippen LogP contribution in [0.2, 0.25) is 5.28 Å². The van der Waals surface area contributed by atoms with Crippen molar-refractivity contribution in [3.63, 3.8) is 0 Å². The highest BCUT2D eigenvalue weighted by Crippen LogP contribution is 2.17. The van der Waals surface area contributed by atoms with Crippen molar-refractivity contribution in [3.8, 4) is 0 Å². The molecule has 0 N–H and O–H groups in total. The third-order valence-corrected chi connectivity index (χ3v) is 4.26. The van der Waals surface area contributed by atoms with E-state index < -0.39 is 0 Å². The monoisotopic (exact) mass is 332 g/mol. The molecule has 0 aliphatic heterocycles. The maximum absolute atomic E-state index is 12.5. The first-order chi connectivity index (χ1) is 11.0. The number of halogens is 1. The molecular weight excluding hydrogens is 316 g/mol. The molecule has 2 aromatic heterocycles. The summed E-state index contributed by atoms with van der Waals surface area (Å²) < 4.78 is 4.24. The van der Waals surface area contributed by atoms with Gasteiger partial charge in [-0.05, 0) is 30.5 Å². The molecule has 0 aliphatic rings. The number of benzene rings is 1. The summed E-state index contributed by atoms with van der Waals surface area (Å²) in [6.45, 7) is 2.79. The molecule has 0 bridgehead atoms. The summed E-state index contributed by atoms with van der Waals surface area (Å²) in [7, 11) is 1.47. The van der Waals surface area contributed by atoms with Gasteiger partial charge in [0.25, 0.3) is 5.56 Å². The lowest BCUT2D eigenvalue weighted by atomic mass is 10.1. The van der Waals surface area contributed by atoms with Crippen molar-refractivity contribution in [3.05, 3.63) is 62.0 Å². The summed E-state index contributed by atoms with van der Waals surface area (Å²) in [5.41, 5.74) is 1.11. The number of aromatic nitrogens is 4. The molecule has 3 aromatic rings. The van der Waals surface area contributed by atoms with Crippen molar-refractivity contribution < 1.29 is 0 Å². The standard InChI is InChI=1S/C16H17ClN4O2/c1-3-20-13-12(14(22)19(2)16(20)23)21(15(17)18-13)10-9-11-7-5-4-6-8-11/h4-8H,3,9-10H2,1-2H3. The first kappa shape index (κ1) is 15.6. The number of hydrogen-bond donors (Lipinski definition) is 0. The highest BCUT2D eigenvalue weighted by molar-refractivity contribution is 6.29. The molecule has 3 rings (SSSR count). The van der Waals surface area contributed by atoms with Crippen molar-refractivity contribution in [2.45, 2.75) is 26.4 Å². The van der Waals surface area contributed by atoms with Crippen LogP contribution in [0.25, 0.3) is 11.2 Å². The minimum Gasteiger partial charge on any atom is -0.308 e. The molecule has 2 heterocycles. The Morgan fingerprint density at radius 2 is 1.83 bits per heavy atom. The van der Waals surface area contributed by atoms with E-state index >= 15 is 0 Å². The zero-order chi connectivity index (χ0) is 16.6. The largest absolute Gasteiger partial charge is 0.332 e. The molecule has 23 heavy (non-hydrogen) atoms. The summed E-state index contributed by atoms with van der Waals surface area (Å²) in [5, 5.41) is 0.223. The van der Waals surface area contributed by atoms with Gasteiger partial charge in [-0.25, -0.2) is 4.79 Å². The van der Waals surface area contributed by atoms with Gasteiger partial charge in [-0.3, -0.25) is 13.9 Å². The number of rotatable bonds is 4. The number of hydrogen-bond acceptors (Lipinski definition) is 3. The Morgan fingerprint density at radius 1 is 1.13 bits per heavy atom. The van der Waals surface area contributed by atoms with Crippen molar-refractivity contribution in [1.82, 2.24) is 18.7 Å². The van der Waals surface area contributed by atoms with Gasteiger partial charge in [-0.2, -0.15) is 4.98 Å². The first-order valence-corrected chi connectivity index (χ1v) is 7.82. The fourth-order valence-electron chi connectivity index (χ4n) is 2.70. The molecule has 0 saturated carbocycles. The lowest BCUT2D eigenvalue weighted by Gasteiger charge is -2.08. The highest BCUT2D eigenvalue weighted by atomic mass is 35.5. The van der Waals surface area contributed by atoms with Crippen LogP contribution in [-0.4, -0.2) is 18.7 Å². The first-order valence-electron chi connectivity index (χ1n) is 7.44. The van der Waals surface area contributed by atoms with Crippen molar-refractivity contribution in [2.24, 2.45) is 7.05 Å². The molecule has 1 aromatic carbocycles. The van der Waals surface area contributed by atoms with Crippen LogP contribution in [0, 0.1) is 0 Å². The third kappa shape index (κ3) is 2.59. The Bertz CT molecular complexity index is 970. The second-order valence-electron chi connectivity index (χ2n) is 5.33. The van der Waals surface area contributed by atoms with Gasteiger partial charge in [0.2, 0.25) is 5.28 Å². The van der Waals surface area contributed by atoms with Crippen LogP contribution in [0.1, 0.15) is 12.5 Å². The molecule has 0 fully saturated rings. The van der Waals surface area contributed by atoms with Gasteiger partial charge < -0.3 is 4.57 Å². The molecular formula is C16H17ClN4O2. The smallest absolute Gasteiger partial charge is 0.308 e. The molecule has 0 aliphatic carbocycles. The molecule has 0 atom stereocenters. The van der Waals surface area contributed by atoms with Crippen molar-refractivity contribution >= 4 is 22.8 Å². The van der Waals surface area contributed by atoms with Crippen LogP contribution >= 0.6 is 11.6 Å². The molecule has 0 saturated heterocycles. The van der Waals surface area contributed by atoms with Crippen molar-refractivity contribution in [2.75, 3.05) is 0 Å². The van der Waals surface area contributed by atoms with Crippen molar-refractivity contribution in [1.29, 1.82) is 0 Å².